The number of carbonyl (C=O) groups is 1. The lowest BCUT2D eigenvalue weighted by molar-refractivity contribution is 0.0515. The zero-order valence-corrected chi connectivity index (χ0v) is 20.2. The van der Waals surface area contributed by atoms with Crippen LogP contribution in [0, 0.1) is 0 Å². The van der Waals surface area contributed by atoms with Crippen LogP contribution < -0.4 is 34.3 Å². The Bertz CT molecular complexity index is 1210. The van der Waals surface area contributed by atoms with Gasteiger partial charge in [-0.2, -0.15) is 0 Å². The van der Waals surface area contributed by atoms with Crippen LogP contribution in [0.15, 0.2) is 60.8 Å². The molecule has 1 amide bonds. The van der Waals surface area contributed by atoms with Crippen molar-refractivity contribution < 1.29 is 33.6 Å². The summed E-state index contributed by atoms with van der Waals surface area (Å²) in [5.74, 6) is 2.98. The number of fused-ring (bicyclic) bond motifs is 2. The fraction of sp³-hybridized carbons (Fsp3) is 0.333. The van der Waals surface area contributed by atoms with Gasteiger partial charge in [0.25, 0.3) is 5.91 Å². The number of ether oxygens (including phenoxy) is 5. The van der Waals surface area contributed by atoms with Gasteiger partial charge in [-0.3, -0.25) is 4.79 Å². The highest BCUT2D eigenvalue weighted by Crippen LogP contribution is 2.35. The summed E-state index contributed by atoms with van der Waals surface area (Å²) in [4.78, 5) is 15.7. The maximum Gasteiger partial charge on any atom is 0.251 e. The van der Waals surface area contributed by atoms with Crippen molar-refractivity contribution in [3.63, 3.8) is 0 Å². The fourth-order valence-electron chi connectivity index (χ4n) is 3.94. The van der Waals surface area contributed by atoms with Crippen molar-refractivity contribution >= 4 is 5.91 Å². The summed E-state index contributed by atoms with van der Waals surface area (Å²) in [6, 6.07) is 16.2. The lowest BCUT2D eigenvalue weighted by Gasteiger charge is -2.26. The molecule has 2 atom stereocenters. The molecule has 2 aliphatic heterocycles. The van der Waals surface area contributed by atoms with Gasteiger partial charge in [-0.25, -0.2) is 4.98 Å². The van der Waals surface area contributed by atoms with Crippen molar-refractivity contribution in [1.82, 2.24) is 15.6 Å². The number of rotatable bonds is 12. The molecule has 37 heavy (non-hydrogen) atoms. The smallest absolute Gasteiger partial charge is 0.251 e. The molecule has 0 saturated heterocycles. The molecule has 5 rings (SSSR count). The number of aliphatic hydroxyl groups is 1. The van der Waals surface area contributed by atoms with Crippen molar-refractivity contribution in [3.05, 3.63) is 71.9 Å². The quantitative estimate of drug-likeness (QED) is 0.316. The molecule has 0 unspecified atom stereocenters. The van der Waals surface area contributed by atoms with Gasteiger partial charge in [0.1, 0.15) is 44.0 Å². The maximum atomic E-state index is 11.6. The van der Waals surface area contributed by atoms with Crippen molar-refractivity contribution in [2.24, 2.45) is 0 Å². The fourth-order valence-corrected chi connectivity index (χ4v) is 3.94. The molecule has 10 heteroatoms. The van der Waals surface area contributed by atoms with Gasteiger partial charge in [0.2, 0.25) is 5.88 Å². The highest BCUT2D eigenvalue weighted by atomic mass is 16.6. The normalized spacial score (nSPS) is 16.5. The van der Waals surface area contributed by atoms with Crippen LogP contribution in [0.2, 0.25) is 0 Å². The number of hydrogen-bond donors (Lipinski definition) is 3. The summed E-state index contributed by atoms with van der Waals surface area (Å²) in [5.41, 5.74) is 1.64. The monoisotopic (exact) mass is 507 g/mol. The molecule has 0 aliphatic carbocycles. The van der Waals surface area contributed by atoms with Crippen LogP contribution in [0.25, 0.3) is 0 Å². The van der Waals surface area contributed by atoms with Crippen molar-refractivity contribution in [2.75, 3.05) is 39.5 Å². The van der Waals surface area contributed by atoms with Crippen LogP contribution in [0.3, 0.4) is 0 Å². The molecule has 3 heterocycles. The van der Waals surface area contributed by atoms with Crippen LogP contribution in [-0.4, -0.2) is 67.7 Å². The van der Waals surface area contributed by atoms with Crippen LogP contribution in [0.1, 0.15) is 15.9 Å². The van der Waals surface area contributed by atoms with Crippen LogP contribution in [-0.2, 0) is 6.54 Å². The molecule has 0 spiro atoms. The molecular formula is C27H29N3O7. The first-order valence-corrected chi connectivity index (χ1v) is 12.2. The summed E-state index contributed by atoms with van der Waals surface area (Å²) in [7, 11) is 0. The van der Waals surface area contributed by atoms with Crippen LogP contribution in [0.5, 0.6) is 28.9 Å². The van der Waals surface area contributed by atoms with E-state index in [9.17, 15) is 9.90 Å². The predicted molar refractivity (Wildman–Crippen MR) is 134 cm³/mol. The van der Waals surface area contributed by atoms with Gasteiger partial charge in [-0.05, 0) is 42.0 Å². The first kappa shape index (κ1) is 24.7. The van der Waals surface area contributed by atoms with E-state index in [4.69, 9.17) is 23.7 Å². The zero-order valence-electron chi connectivity index (χ0n) is 20.2. The van der Waals surface area contributed by atoms with Gasteiger partial charge in [-0.15, -0.1) is 0 Å². The standard InChI is InChI=1S/C27H29N3O7/c31-19(14-28-9-10-33-20-4-6-23-18(11-20)13-30-27(23)32)15-34-21-5-7-24-25(12-21)35-16-22(37-24)17-36-26-3-1-2-8-29-26/h1-8,11-12,19,22,28,31H,9-10,13-17H2,(H,30,32)/t19-,22-/m0/s1. The summed E-state index contributed by atoms with van der Waals surface area (Å²) in [5, 5.41) is 16.2. The second-order valence-corrected chi connectivity index (χ2v) is 8.66. The molecular weight excluding hydrogens is 478 g/mol. The number of carbonyl (C=O) groups excluding carboxylic acids is 1. The highest BCUT2D eigenvalue weighted by Gasteiger charge is 2.23. The van der Waals surface area contributed by atoms with Crippen molar-refractivity contribution in [2.45, 2.75) is 18.8 Å². The first-order valence-electron chi connectivity index (χ1n) is 12.2. The molecule has 2 aliphatic rings. The summed E-state index contributed by atoms with van der Waals surface area (Å²) < 4.78 is 28.8. The molecule has 2 aromatic carbocycles. The van der Waals surface area contributed by atoms with E-state index in [2.05, 4.69) is 15.6 Å². The molecule has 3 N–H and O–H groups in total. The molecule has 0 radical (unpaired) electrons. The first-order chi connectivity index (χ1) is 18.1. The van der Waals surface area contributed by atoms with E-state index in [1.165, 1.54) is 0 Å². The summed E-state index contributed by atoms with van der Waals surface area (Å²) >= 11 is 0. The van der Waals surface area contributed by atoms with Gasteiger partial charge in [0, 0.05) is 43.5 Å². The SMILES string of the molecule is O=C1NCc2cc(OCCNC[C@H](O)COc3ccc4c(c3)OC[C@@H](COc3ccccn3)O4)ccc21. The number of hydrogen-bond acceptors (Lipinski definition) is 9. The zero-order chi connectivity index (χ0) is 25.5. The Kier molecular flexibility index (Phi) is 7.87. The molecule has 194 valence electrons. The van der Waals surface area contributed by atoms with Gasteiger partial charge >= 0.3 is 0 Å². The van der Waals surface area contributed by atoms with Gasteiger partial charge in [0.15, 0.2) is 17.6 Å². The minimum absolute atomic E-state index is 0.0492. The Balaban J connectivity index is 0.981. The number of pyridine rings is 1. The number of nitrogens with zero attached hydrogens (tertiary/aromatic N) is 1. The van der Waals surface area contributed by atoms with E-state index in [0.717, 1.165) is 5.56 Å². The van der Waals surface area contributed by atoms with Gasteiger partial charge in [0.05, 0.1) is 0 Å². The summed E-state index contributed by atoms with van der Waals surface area (Å²) in [6.07, 6.45) is 0.728. The minimum atomic E-state index is -0.696. The topological polar surface area (TPSA) is 120 Å². The van der Waals surface area contributed by atoms with E-state index in [1.54, 1.807) is 42.6 Å². The van der Waals surface area contributed by atoms with Gasteiger partial charge in [-0.1, -0.05) is 6.07 Å². The molecule has 1 aromatic heterocycles. The Hall–Kier alpha value is -4.02. The van der Waals surface area contributed by atoms with Gasteiger partial charge < -0.3 is 39.4 Å². The number of amides is 1. The molecule has 10 nitrogen and oxygen atoms in total. The molecule has 3 aromatic rings. The van der Waals surface area contributed by atoms with Crippen molar-refractivity contribution in [1.29, 1.82) is 0 Å². The third-order valence-corrected chi connectivity index (χ3v) is 5.82. The lowest BCUT2D eigenvalue weighted by Crippen LogP contribution is -2.34. The van der Waals surface area contributed by atoms with E-state index in [-0.39, 0.29) is 18.6 Å². The third kappa shape index (κ3) is 6.60. The Morgan fingerprint density at radius 1 is 1.08 bits per heavy atom. The number of benzene rings is 2. The second-order valence-electron chi connectivity index (χ2n) is 8.66. The molecule has 0 bridgehead atoms. The minimum Gasteiger partial charge on any atom is -0.492 e. The predicted octanol–water partition coefficient (Wildman–Crippen LogP) is 1.95. The Morgan fingerprint density at radius 2 is 1.97 bits per heavy atom. The third-order valence-electron chi connectivity index (χ3n) is 5.82. The molecule has 0 fully saturated rings. The Labute approximate surface area is 214 Å². The van der Waals surface area contributed by atoms with E-state index >= 15 is 0 Å². The van der Waals surface area contributed by atoms with E-state index in [0.29, 0.717) is 73.9 Å². The second kappa shape index (κ2) is 11.8. The number of nitrogens with one attached hydrogen (secondary N) is 2. The average Bonchev–Trinajstić information content (AvgIpc) is 3.30. The largest absolute Gasteiger partial charge is 0.492 e. The van der Waals surface area contributed by atoms with Crippen molar-refractivity contribution in [3.8, 4) is 28.9 Å². The van der Waals surface area contributed by atoms with Crippen LogP contribution >= 0.6 is 0 Å². The number of aliphatic hydroxyl groups excluding tert-OH is 1. The summed E-state index contributed by atoms with van der Waals surface area (Å²) in [6.45, 7) is 2.67. The van der Waals surface area contributed by atoms with E-state index < -0.39 is 6.10 Å². The average molecular weight is 508 g/mol. The Morgan fingerprint density at radius 3 is 2.86 bits per heavy atom. The number of aromatic nitrogens is 1. The highest BCUT2D eigenvalue weighted by molar-refractivity contribution is 5.98. The van der Waals surface area contributed by atoms with Crippen LogP contribution in [0.4, 0.5) is 0 Å². The maximum absolute atomic E-state index is 11.6. The lowest BCUT2D eigenvalue weighted by atomic mass is 10.1. The van der Waals surface area contributed by atoms with E-state index in [1.807, 2.05) is 18.2 Å². The molecule has 0 saturated carbocycles.